The molecule has 8 heteroatoms. The van der Waals surface area contributed by atoms with Gasteiger partial charge in [-0.05, 0) is 24.6 Å². The molecule has 0 bridgehead atoms. The molecule has 0 aliphatic heterocycles. The fourth-order valence-corrected chi connectivity index (χ4v) is 1.78. The maximum absolute atomic E-state index is 11.8. The molecule has 1 N–H and O–H groups in total. The molecule has 0 spiro atoms. The van der Waals surface area contributed by atoms with Gasteiger partial charge in [0.05, 0.1) is 10.6 Å². The molecule has 2 aromatic rings. The number of carbonyl (C=O) groups is 1. The molecule has 0 aliphatic rings. The number of hydrogen-bond acceptors (Lipinski definition) is 4. The summed E-state index contributed by atoms with van der Waals surface area (Å²) in [6.45, 7) is 1.88. The predicted octanol–water partition coefficient (Wildman–Crippen LogP) is -1.57. The zero-order chi connectivity index (χ0) is 15.9. The summed E-state index contributed by atoms with van der Waals surface area (Å²) < 4.78 is 1.73. The summed E-state index contributed by atoms with van der Waals surface area (Å²) in [6.07, 6.45) is 3.57. The molecule has 0 fully saturated rings. The highest BCUT2D eigenvalue weighted by Gasteiger charge is 2.08. The number of hydrogen-bond donors (Lipinski definition) is 1. The van der Waals surface area contributed by atoms with Crippen molar-refractivity contribution in [1.82, 2.24) is 5.43 Å². The second kappa shape index (κ2) is 8.60. The van der Waals surface area contributed by atoms with Crippen LogP contribution in [0, 0.1) is 10.1 Å². The summed E-state index contributed by atoms with van der Waals surface area (Å²) in [4.78, 5) is 21.9. The van der Waals surface area contributed by atoms with Crippen molar-refractivity contribution in [3.8, 4) is 0 Å². The lowest BCUT2D eigenvalue weighted by molar-refractivity contribution is -0.684. The monoisotopic (exact) mass is 334 g/mol. The number of nitrogens with zero attached hydrogens (tertiary/aromatic N) is 3. The van der Waals surface area contributed by atoms with Crippen LogP contribution in [-0.2, 0) is 11.3 Å². The van der Waals surface area contributed by atoms with E-state index in [2.05, 4.69) is 10.5 Å². The van der Waals surface area contributed by atoms with Crippen molar-refractivity contribution >= 4 is 17.3 Å². The Morgan fingerprint density at radius 3 is 2.39 bits per heavy atom. The maximum atomic E-state index is 11.8. The first-order chi connectivity index (χ1) is 10.6. The van der Waals surface area contributed by atoms with Gasteiger partial charge in [-0.15, -0.1) is 0 Å². The number of amides is 1. The lowest BCUT2D eigenvalue weighted by atomic mass is 10.1. The van der Waals surface area contributed by atoms with Crippen LogP contribution in [-0.4, -0.2) is 16.5 Å². The molecule has 0 aliphatic carbocycles. The van der Waals surface area contributed by atoms with Crippen molar-refractivity contribution < 1.29 is 26.7 Å². The van der Waals surface area contributed by atoms with E-state index in [-0.39, 0.29) is 30.5 Å². The van der Waals surface area contributed by atoms with Crippen LogP contribution in [0.2, 0.25) is 0 Å². The molecule has 1 aromatic carbocycles. The highest BCUT2D eigenvalue weighted by Crippen LogP contribution is 2.12. The number of benzene rings is 1. The van der Waals surface area contributed by atoms with E-state index in [0.717, 1.165) is 0 Å². The third kappa shape index (κ3) is 5.48. The number of nitro benzene ring substituents is 1. The van der Waals surface area contributed by atoms with Crippen molar-refractivity contribution in [3.05, 3.63) is 70.5 Å². The van der Waals surface area contributed by atoms with Crippen LogP contribution < -0.4 is 22.4 Å². The van der Waals surface area contributed by atoms with E-state index in [9.17, 15) is 14.9 Å². The summed E-state index contributed by atoms with van der Waals surface area (Å²) in [7, 11) is 0. The molecule has 120 valence electrons. The molecule has 7 nitrogen and oxygen atoms in total. The number of hydrazone groups is 1. The minimum absolute atomic E-state index is 0. The number of rotatable bonds is 5. The van der Waals surface area contributed by atoms with Crippen molar-refractivity contribution in [1.29, 1.82) is 0 Å². The van der Waals surface area contributed by atoms with Gasteiger partial charge in [0, 0.05) is 24.3 Å². The van der Waals surface area contributed by atoms with Crippen LogP contribution >= 0.6 is 0 Å². The van der Waals surface area contributed by atoms with Gasteiger partial charge in [-0.25, -0.2) is 5.43 Å². The largest absolute Gasteiger partial charge is 1.00 e. The van der Waals surface area contributed by atoms with Crippen LogP contribution in [0.25, 0.3) is 0 Å². The molecule has 0 atom stereocenters. The molecule has 1 aromatic heterocycles. The Bertz CT molecular complexity index is 702. The number of halogens is 1. The summed E-state index contributed by atoms with van der Waals surface area (Å²) in [5.74, 6) is -0.252. The van der Waals surface area contributed by atoms with Gasteiger partial charge < -0.3 is 12.4 Å². The molecule has 1 amide bonds. The average Bonchev–Trinajstić information content (AvgIpc) is 2.53. The summed E-state index contributed by atoms with van der Waals surface area (Å²) in [5, 5.41) is 14.6. The number of nitro groups is 1. The number of non-ortho nitro benzene ring substituents is 1. The second-order valence-electron chi connectivity index (χ2n) is 4.58. The Kier molecular flexibility index (Phi) is 6.82. The highest BCUT2D eigenvalue weighted by atomic mass is 35.5. The van der Waals surface area contributed by atoms with E-state index >= 15 is 0 Å². The van der Waals surface area contributed by atoms with Crippen LogP contribution in [0.15, 0.2) is 60.0 Å². The highest BCUT2D eigenvalue weighted by molar-refractivity contribution is 5.99. The Morgan fingerprint density at radius 1 is 1.22 bits per heavy atom. The van der Waals surface area contributed by atoms with Crippen LogP contribution in [0.4, 0.5) is 5.69 Å². The van der Waals surface area contributed by atoms with E-state index < -0.39 is 4.92 Å². The van der Waals surface area contributed by atoms with Gasteiger partial charge in [0.25, 0.3) is 5.69 Å². The molecule has 2 rings (SSSR count). The van der Waals surface area contributed by atoms with Gasteiger partial charge >= 0.3 is 5.91 Å². The lowest BCUT2D eigenvalue weighted by Gasteiger charge is -2.01. The first kappa shape index (κ1) is 18.2. The molecule has 0 radical (unpaired) electrons. The molecule has 1 heterocycles. The van der Waals surface area contributed by atoms with Gasteiger partial charge in [-0.3, -0.25) is 14.9 Å². The molecular weight excluding hydrogens is 320 g/mol. The van der Waals surface area contributed by atoms with E-state index in [1.165, 1.54) is 12.1 Å². The number of carbonyl (C=O) groups excluding carboxylic acids is 1. The van der Waals surface area contributed by atoms with Gasteiger partial charge in [0.1, 0.15) is 0 Å². The molecule has 0 saturated heterocycles. The van der Waals surface area contributed by atoms with Crippen molar-refractivity contribution in [2.24, 2.45) is 5.10 Å². The average molecular weight is 335 g/mol. The van der Waals surface area contributed by atoms with E-state index in [4.69, 9.17) is 0 Å². The Morgan fingerprint density at radius 2 is 1.83 bits per heavy atom. The zero-order valence-corrected chi connectivity index (χ0v) is 13.1. The Labute approximate surface area is 139 Å². The first-order valence-electron chi connectivity index (χ1n) is 6.58. The standard InChI is InChI=1S/C15H14N4O3.ClH/c1-12(13-5-7-14(8-6-13)19(21)22)16-17-15(20)11-18-9-3-2-4-10-18;/h2-10H,11H2,1H3;1H/b16-12+;. The van der Waals surface area contributed by atoms with Gasteiger partial charge in [-0.2, -0.15) is 9.67 Å². The normalized spacial score (nSPS) is 10.6. The first-order valence-corrected chi connectivity index (χ1v) is 6.58. The topological polar surface area (TPSA) is 88.5 Å². The SMILES string of the molecule is C/C(=N\NC(=O)C[n+]1ccccc1)c1ccc([N+](=O)[O-])cc1.[Cl-]. The van der Waals surface area contributed by atoms with E-state index in [1.54, 1.807) is 36.0 Å². The summed E-state index contributed by atoms with van der Waals surface area (Å²) in [5.41, 5.74) is 3.75. The molecule has 0 unspecified atom stereocenters. The predicted molar refractivity (Wildman–Crippen MR) is 80.1 cm³/mol. The van der Waals surface area contributed by atoms with Crippen molar-refractivity contribution in [3.63, 3.8) is 0 Å². The number of pyridine rings is 1. The maximum Gasteiger partial charge on any atom is 0.305 e. The summed E-state index contributed by atoms with van der Waals surface area (Å²) in [6, 6.07) is 11.5. The van der Waals surface area contributed by atoms with Crippen molar-refractivity contribution in [2.75, 3.05) is 0 Å². The van der Waals surface area contributed by atoms with Gasteiger partial charge in [0.15, 0.2) is 12.4 Å². The molecule has 0 saturated carbocycles. The molecule has 23 heavy (non-hydrogen) atoms. The zero-order valence-electron chi connectivity index (χ0n) is 12.3. The van der Waals surface area contributed by atoms with E-state index in [1.807, 2.05) is 18.2 Å². The fraction of sp³-hybridized carbons (Fsp3) is 0.133. The minimum atomic E-state index is -0.463. The minimum Gasteiger partial charge on any atom is -1.00 e. The van der Waals surface area contributed by atoms with Gasteiger partial charge in [-0.1, -0.05) is 6.07 Å². The third-order valence-corrected chi connectivity index (χ3v) is 2.95. The van der Waals surface area contributed by atoms with Crippen molar-refractivity contribution in [2.45, 2.75) is 13.5 Å². The number of aromatic nitrogens is 1. The number of nitrogens with one attached hydrogen (secondary N) is 1. The molecular formula is C15H15ClN4O3. The summed E-state index contributed by atoms with van der Waals surface area (Å²) >= 11 is 0. The third-order valence-electron chi connectivity index (χ3n) is 2.95. The van der Waals surface area contributed by atoms with Crippen LogP contribution in [0.1, 0.15) is 12.5 Å². The van der Waals surface area contributed by atoms with Crippen LogP contribution in [0.3, 0.4) is 0 Å². The lowest BCUT2D eigenvalue weighted by Crippen LogP contribution is -3.00. The second-order valence-corrected chi connectivity index (χ2v) is 4.58. The Hall–Kier alpha value is -2.80. The van der Waals surface area contributed by atoms with Gasteiger partial charge in [0.2, 0.25) is 6.54 Å². The smallest absolute Gasteiger partial charge is 0.305 e. The fourth-order valence-electron chi connectivity index (χ4n) is 1.78. The van der Waals surface area contributed by atoms with Crippen LogP contribution in [0.5, 0.6) is 0 Å². The Balaban J connectivity index is 0.00000264. The van der Waals surface area contributed by atoms with E-state index in [0.29, 0.717) is 11.3 Å². The quantitative estimate of drug-likeness (QED) is 0.310.